The van der Waals surface area contributed by atoms with Crippen LogP contribution in [0.2, 0.25) is 0 Å². The molecule has 2 heterocycles. The average molecular weight is 312 g/mol. The summed E-state index contributed by atoms with van der Waals surface area (Å²) in [7, 11) is 1.91. The molecule has 0 aliphatic carbocycles. The Hall–Kier alpha value is -2.14. The van der Waals surface area contributed by atoms with Crippen molar-refractivity contribution in [2.45, 2.75) is 32.4 Å². The highest BCUT2D eigenvalue weighted by Gasteiger charge is 2.20. The lowest BCUT2D eigenvalue weighted by atomic mass is 10.00. The first kappa shape index (κ1) is 15.7. The molecular weight excluding hydrogens is 288 g/mol. The summed E-state index contributed by atoms with van der Waals surface area (Å²) in [6.07, 6.45) is 3.64. The van der Waals surface area contributed by atoms with Crippen molar-refractivity contribution in [2.24, 2.45) is 7.05 Å². The fraction of sp³-hybridized carbons (Fsp3) is 0.444. The molecule has 1 aromatic carbocycles. The number of carbonyl (C=O) groups excluding carboxylic acids is 1. The zero-order valence-corrected chi connectivity index (χ0v) is 13.8. The first-order valence-electron chi connectivity index (χ1n) is 8.23. The molecule has 1 N–H and O–H groups in total. The minimum Gasteiger partial charge on any atom is -0.347 e. The van der Waals surface area contributed by atoms with Gasteiger partial charge in [0.1, 0.15) is 0 Å². The van der Waals surface area contributed by atoms with Crippen molar-refractivity contribution in [1.29, 1.82) is 0 Å². The van der Waals surface area contributed by atoms with Crippen molar-refractivity contribution in [2.75, 3.05) is 13.1 Å². The molecule has 1 aliphatic rings. The topological polar surface area (TPSA) is 50.2 Å². The van der Waals surface area contributed by atoms with E-state index in [1.165, 1.54) is 11.1 Å². The van der Waals surface area contributed by atoms with E-state index in [4.69, 9.17) is 0 Å². The van der Waals surface area contributed by atoms with Gasteiger partial charge >= 0.3 is 0 Å². The molecule has 1 aliphatic heterocycles. The van der Waals surface area contributed by atoms with Gasteiger partial charge < -0.3 is 5.32 Å². The van der Waals surface area contributed by atoms with Crippen molar-refractivity contribution >= 4 is 5.91 Å². The Morgan fingerprint density at radius 3 is 2.78 bits per heavy atom. The van der Waals surface area contributed by atoms with Crippen molar-refractivity contribution in [3.8, 4) is 0 Å². The number of hydrogen-bond donors (Lipinski definition) is 1. The van der Waals surface area contributed by atoms with Crippen LogP contribution in [0.25, 0.3) is 0 Å². The molecule has 1 amide bonds. The molecule has 0 spiro atoms. The maximum Gasteiger partial charge on any atom is 0.234 e. The third-order valence-electron chi connectivity index (χ3n) is 4.54. The fourth-order valence-electron chi connectivity index (χ4n) is 3.24. The van der Waals surface area contributed by atoms with Crippen LogP contribution in [0.5, 0.6) is 0 Å². The van der Waals surface area contributed by atoms with E-state index in [0.717, 1.165) is 31.6 Å². The highest BCUT2D eigenvalue weighted by Crippen LogP contribution is 2.19. The van der Waals surface area contributed by atoms with Gasteiger partial charge in [0.2, 0.25) is 5.91 Å². The van der Waals surface area contributed by atoms with E-state index in [2.05, 4.69) is 46.5 Å². The normalized spacial score (nSPS) is 15.9. The molecule has 0 saturated heterocycles. The lowest BCUT2D eigenvalue weighted by Crippen LogP contribution is -2.41. The number of carbonyl (C=O) groups is 1. The molecule has 0 fully saturated rings. The van der Waals surface area contributed by atoms with Crippen LogP contribution in [0.1, 0.15) is 36.2 Å². The Balaban J connectivity index is 1.58. The summed E-state index contributed by atoms with van der Waals surface area (Å²) in [4.78, 5) is 14.6. The molecule has 0 radical (unpaired) electrons. The molecular formula is C18H24N4O. The van der Waals surface area contributed by atoms with E-state index in [1.54, 1.807) is 6.20 Å². The van der Waals surface area contributed by atoms with Crippen molar-refractivity contribution in [1.82, 2.24) is 20.0 Å². The Labute approximate surface area is 137 Å². The number of hydrogen-bond acceptors (Lipinski definition) is 3. The van der Waals surface area contributed by atoms with Gasteiger partial charge in [-0.15, -0.1) is 0 Å². The number of nitrogens with zero attached hydrogens (tertiary/aromatic N) is 3. The first-order valence-corrected chi connectivity index (χ1v) is 8.23. The van der Waals surface area contributed by atoms with Crippen LogP contribution in [0.15, 0.2) is 36.5 Å². The first-order chi connectivity index (χ1) is 11.2. The van der Waals surface area contributed by atoms with Crippen LogP contribution in [-0.2, 0) is 24.8 Å². The van der Waals surface area contributed by atoms with Gasteiger partial charge in [-0.2, -0.15) is 5.10 Å². The van der Waals surface area contributed by atoms with Crippen molar-refractivity contribution < 1.29 is 4.79 Å². The monoisotopic (exact) mass is 312 g/mol. The largest absolute Gasteiger partial charge is 0.347 e. The Bertz CT molecular complexity index is 679. The molecule has 23 heavy (non-hydrogen) atoms. The summed E-state index contributed by atoms with van der Waals surface area (Å²) in [5.74, 6) is 0.0810. The van der Waals surface area contributed by atoms with Crippen LogP contribution in [0.3, 0.4) is 0 Å². The fourth-order valence-corrected chi connectivity index (χ4v) is 3.24. The summed E-state index contributed by atoms with van der Waals surface area (Å²) in [6, 6.07) is 10.5. The zero-order valence-electron chi connectivity index (χ0n) is 13.8. The predicted octanol–water partition coefficient (Wildman–Crippen LogP) is 2.05. The second-order valence-corrected chi connectivity index (χ2v) is 6.14. The standard InChI is InChI=1S/C18H24N4O/c1-3-16(17-8-10-19-21(17)2)20-18(23)13-22-11-9-14-6-4-5-7-15(14)12-22/h4-8,10,16H,3,9,11-13H2,1-2H3,(H,20,23)/t16-/m0/s1. The van der Waals surface area contributed by atoms with Crippen LogP contribution in [0.4, 0.5) is 0 Å². The van der Waals surface area contributed by atoms with Gasteiger partial charge in [-0.1, -0.05) is 31.2 Å². The summed E-state index contributed by atoms with van der Waals surface area (Å²) >= 11 is 0. The number of aryl methyl sites for hydroxylation is 1. The van der Waals surface area contributed by atoms with Gasteiger partial charge in [0.15, 0.2) is 0 Å². The number of benzene rings is 1. The van der Waals surface area contributed by atoms with Gasteiger partial charge in [-0.25, -0.2) is 0 Å². The second kappa shape index (κ2) is 6.96. The number of aromatic nitrogens is 2. The molecule has 2 aromatic rings. The van der Waals surface area contributed by atoms with E-state index in [9.17, 15) is 4.79 Å². The number of fused-ring (bicyclic) bond motifs is 1. The van der Waals surface area contributed by atoms with Crippen LogP contribution in [-0.4, -0.2) is 33.7 Å². The highest BCUT2D eigenvalue weighted by molar-refractivity contribution is 5.78. The number of rotatable bonds is 5. The van der Waals surface area contributed by atoms with Gasteiger partial charge in [-0.3, -0.25) is 14.4 Å². The van der Waals surface area contributed by atoms with Gasteiger partial charge in [0.25, 0.3) is 0 Å². The molecule has 1 aromatic heterocycles. The van der Waals surface area contributed by atoms with E-state index in [-0.39, 0.29) is 11.9 Å². The summed E-state index contributed by atoms with van der Waals surface area (Å²) < 4.78 is 1.82. The number of nitrogens with one attached hydrogen (secondary N) is 1. The predicted molar refractivity (Wildman–Crippen MR) is 89.8 cm³/mol. The Morgan fingerprint density at radius 2 is 2.09 bits per heavy atom. The zero-order chi connectivity index (χ0) is 16.2. The Morgan fingerprint density at radius 1 is 1.30 bits per heavy atom. The molecule has 3 rings (SSSR count). The third-order valence-corrected chi connectivity index (χ3v) is 4.54. The van der Waals surface area contributed by atoms with E-state index in [1.807, 2.05) is 17.8 Å². The summed E-state index contributed by atoms with van der Waals surface area (Å²) in [5.41, 5.74) is 3.79. The van der Waals surface area contributed by atoms with Crippen molar-refractivity contribution in [3.05, 3.63) is 53.3 Å². The van der Waals surface area contributed by atoms with E-state index < -0.39 is 0 Å². The smallest absolute Gasteiger partial charge is 0.234 e. The molecule has 0 bridgehead atoms. The van der Waals surface area contributed by atoms with Crippen molar-refractivity contribution in [3.63, 3.8) is 0 Å². The van der Waals surface area contributed by atoms with Crippen LogP contribution < -0.4 is 5.32 Å². The number of amides is 1. The second-order valence-electron chi connectivity index (χ2n) is 6.14. The van der Waals surface area contributed by atoms with Gasteiger partial charge in [0.05, 0.1) is 18.3 Å². The molecule has 0 unspecified atom stereocenters. The minimum absolute atomic E-state index is 0.0204. The highest BCUT2D eigenvalue weighted by atomic mass is 16.2. The maximum atomic E-state index is 12.4. The Kier molecular flexibility index (Phi) is 4.76. The maximum absolute atomic E-state index is 12.4. The summed E-state index contributed by atoms with van der Waals surface area (Å²) in [6.45, 7) is 4.32. The lowest BCUT2D eigenvalue weighted by Gasteiger charge is -2.28. The lowest BCUT2D eigenvalue weighted by molar-refractivity contribution is -0.123. The molecule has 5 heteroatoms. The molecule has 1 atom stereocenters. The third kappa shape index (κ3) is 3.62. The SMILES string of the molecule is CC[C@H](NC(=O)CN1CCc2ccccc2C1)c1ccnn1C. The van der Waals surface area contributed by atoms with Crippen LogP contribution in [0, 0.1) is 0 Å². The molecule has 122 valence electrons. The van der Waals surface area contributed by atoms with E-state index in [0.29, 0.717) is 6.54 Å². The average Bonchev–Trinajstić information content (AvgIpc) is 2.98. The van der Waals surface area contributed by atoms with Gasteiger partial charge in [-0.05, 0) is 30.0 Å². The molecule has 0 saturated carbocycles. The van der Waals surface area contributed by atoms with Gasteiger partial charge in [0, 0.05) is 26.3 Å². The molecule has 5 nitrogen and oxygen atoms in total. The minimum atomic E-state index is 0.0204. The quantitative estimate of drug-likeness (QED) is 0.919. The summed E-state index contributed by atoms with van der Waals surface area (Å²) in [5, 5.41) is 7.33. The van der Waals surface area contributed by atoms with E-state index >= 15 is 0 Å². The van der Waals surface area contributed by atoms with Crippen LogP contribution >= 0.6 is 0 Å².